The average molecular weight is 394 g/mol. The maximum atomic E-state index is 12.9. The third-order valence-electron chi connectivity index (χ3n) is 5.96. The molecule has 0 N–H and O–H groups in total. The second-order valence-electron chi connectivity index (χ2n) is 7.61. The van der Waals surface area contributed by atoms with Gasteiger partial charge in [-0.3, -0.25) is 9.88 Å². The Kier molecular flexibility index (Phi) is 4.33. The van der Waals surface area contributed by atoms with E-state index in [9.17, 15) is 8.42 Å². The summed E-state index contributed by atoms with van der Waals surface area (Å²) in [6, 6.07) is 17.0. The van der Waals surface area contributed by atoms with Gasteiger partial charge in [0.15, 0.2) is 0 Å². The molecule has 2 saturated heterocycles. The van der Waals surface area contributed by atoms with Crippen LogP contribution in [0, 0.1) is 0 Å². The van der Waals surface area contributed by atoms with E-state index in [-0.39, 0.29) is 4.90 Å². The van der Waals surface area contributed by atoms with Crippen LogP contribution in [0.1, 0.15) is 12.8 Å². The molecule has 2 aromatic carbocycles. The maximum absolute atomic E-state index is 12.9. The minimum atomic E-state index is -3.56. The van der Waals surface area contributed by atoms with Gasteiger partial charge in [0.1, 0.15) is 0 Å². The molecule has 3 heterocycles. The van der Waals surface area contributed by atoms with Crippen molar-refractivity contribution in [1.29, 1.82) is 0 Å². The highest BCUT2D eigenvalue weighted by Gasteiger charge is 2.31. The quantitative estimate of drug-likeness (QED) is 0.683. The Morgan fingerprint density at radius 3 is 2.64 bits per heavy atom. The average Bonchev–Trinajstić information content (AvgIpc) is 3.21. The predicted octanol–water partition coefficient (Wildman–Crippen LogP) is 3.35. The van der Waals surface area contributed by atoms with Gasteiger partial charge in [0.05, 0.1) is 21.0 Å². The lowest BCUT2D eigenvalue weighted by atomic mass is 10.1. The molecule has 6 heteroatoms. The molecule has 5 nitrogen and oxygen atoms in total. The van der Waals surface area contributed by atoms with Gasteiger partial charge in [0.2, 0.25) is 9.84 Å². The molecule has 2 aliphatic rings. The van der Waals surface area contributed by atoms with Crippen LogP contribution >= 0.6 is 0 Å². The van der Waals surface area contributed by atoms with Crippen LogP contribution in [0.3, 0.4) is 0 Å². The number of pyridine rings is 1. The fraction of sp³-hybridized carbons (Fsp3) is 0.318. The predicted molar refractivity (Wildman–Crippen MR) is 110 cm³/mol. The smallest absolute Gasteiger partial charge is 0.208 e. The minimum absolute atomic E-state index is 0.240. The standard InChI is InChI=1S/C22H23N3O2S/c26-28(27,19-8-2-1-3-9-19)20-14-17-6-4-10-21(22(17)23-15-20)25-13-12-24-11-5-7-18(24)16-25/h1-4,6,8-10,14-15,18H,5,7,11-13,16H2. The summed E-state index contributed by atoms with van der Waals surface area (Å²) in [7, 11) is -3.56. The minimum Gasteiger partial charge on any atom is -0.367 e. The van der Waals surface area contributed by atoms with Crippen molar-refractivity contribution in [2.24, 2.45) is 0 Å². The van der Waals surface area contributed by atoms with E-state index < -0.39 is 9.84 Å². The van der Waals surface area contributed by atoms with Gasteiger partial charge in [0, 0.05) is 37.3 Å². The second kappa shape index (κ2) is 6.87. The first-order valence-corrected chi connectivity index (χ1v) is 11.3. The number of hydrogen-bond donors (Lipinski definition) is 0. The summed E-state index contributed by atoms with van der Waals surface area (Å²) in [5, 5.41) is 0.864. The van der Waals surface area contributed by atoms with E-state index in [0.29, 0.717) is 10.9 Å². The van der Waals surface area contributed by atoms with Crippen molar-refractivity contribution in [2.75, 3.05) is 31.1 Å². The van der Waals surface area contributed by atoms with Crippen molar-refractivity contribution in [3.05, 3.63) is 60.8 Å². The third-order valence-corrected chi connectivity index (χ3v) is 7.69. The first-order valence-electron chi connectivity index (χ1n) is 9.81. The summed E-state index contributed by atoms with van der Waals surface area (Å²) in [5.41, 5.74) is 1.98. The number of aromatic nitrogens is 1. The zero-order valence-corrected chi connectivity index (χ0v) is 16.5. The van der Waals surface area contributed by atoms with Crippen LogP contribution in [0.15, 0.2) is 70.6 Å². The third kappa shape index (κ3) is 2.97. The maximum Gasteiger partial charge on any atom is 0.208 e. The second-order valence-corrected chi connectivity index (χ2v) is 9.56. The molecule has 0 spiro atoms. The van der Waals surface area contributed by atoms with Gasteiger partial charge in [-0.25, -0.2) is 8.42 Å². The van der Waals surface area contributed by atoms with Crippen molar-refractivity contribution in [3.8, 4) is 0 Å². The number of rotatable bonds is 3. The molecule has 1 aromatic heterocycles. The number of piperazine rings is 1. The van der Waals surface area contributed by atoms with E-state index in [2.05, 4.69) is 20.9 Å². The van der Waals surface area contributed by atoms with Crippen molar-refractivity contribution in [3.63, 3.8) is 0 Å². The lowest BCUT2D eigenvalue weighted by molar-refractivity contribution is 0.231. The van der Waals surface area contributed by atoms with Crippen LogP contribution in [-0.4, -0.2) is 50.5 Å². The van der Waals surface area contributed by atoms with Crippen LogP contribution in [0.2, 0.25) is 0 Å². The zero-order chi connectivity index (χ0) is 19.1. The van der Waals surface area contributed by atoms with Gasteiger partial charge >= 0.3 is 0 Å². The van der Waals surface area contributed by atoms with Gasteiger partial charge < -0.3 is 4.90 Å². The molecule has 1 unspecified atom stereocenters. The van der Waals surface area contributed by atoms with E-state index in [1.807, 2.05) is 18.2 Å². The molecule has 0 saturated carbocycles. The number of nitrogens with zero attached hydrogens (tertiary/aromatic N) is 3. The highest BCUT2D eigenvalue weighted by Crippen LogP contribution is 2.31. The van der Waals surface area contributed by atoms with Crippen LogP contribution in [0.5, 0.6) is 0 Å². The van der Waals surface area contributed by atoms with Gasteiger partial charge in [0.25, 0.3) is 0 Å². The zero-order valence-electron chi connectivity index (χ0n) is 15.7. The number of hydrogen-bond acceptors (Lipinski definition) is 5. The molecule has 0 radical (unpaired) electrons. The topological polar surface area (TPSA) is 53.5 Å². The van der Waals surface area contributed by atoms with E-state index in [1.54, 1.807) is 30.3 Å². The Hall–Kier alpha value is -2.44. The highest BCUT2D eigenvalue weighted by atomic mass is 32.2. The molecule has 144 valence electrons. The molecule has 0 amide bonds. The van der Waals surface area contributed by atoms with Gasteiger partial charge in [-0.2, -0.15) is 0 Å². The highest BCUT2D eigenvalue weighted by molar-refractivity contribution is 7.91. The monoisotopic (exact) mass is 393 g/mol. The summed E-state index contributed by atoms with van der Waals surface area (Å²) in [6.45, 7) is 4.31. The summed E-state index contributed by atoms with van der Waals surface area (Å²) >= 11 is 0. The molecule has 0 aliphatic carbocycles. The fourth-order valence-electron chi connectivity index (χ4n) is 4.47. The molecule has 1 atom stereocenters. The Morgan fingerprint density at radius 1 is 0.929 bits per heavy atom. The number of fused-ring (bicyclic) bond motifs is 2. The van der Waals surface area contributed by atoms with Crippen molar-refractivity contribution in [2.45, 2.75) is 28.7 Å². The summed E-state index contributed by atoms with van der Waals surface area (Å²) in [4.78, 5) is 10.1. The van der Waals surface area contributed by atoms with Crippen molar-refractivity contribution >= 4 is 26.4 Å². The fourth-order valence-corrected chi connectivity index (χ4v) is 5.73. The lowest BCUT2D eigenvalue weighted by Crippen LogP contribution is -2.50. The van der Waals surface area contributed by atoms with Crippen molar-refractivity contribution < 1.29 is 8.42 Å². The Morgan fingerprint density at radius 2 is 1.79 bits per heavy atom. The van der Waals surface area contributed by atoms with Gasteiger partial charge in [-0.15, -0.1) is 0 Å². The molecule has 0 bridgehead atoms. The van der Waals surface area contributed by atoms with Crippen molar-refractivity contribution in [1.82, 2.24) is 9.88 Å². The number of para-hydroxylation sites is 1. The summed E-state index contributed by atoms with van der Waals surface area (Å²) in [5.74, 6) is 0. The van der Waals surface area contributed by atoms with Crippen LogP contribution in [0.25, 0.3) is 10.9 Å². The Bertz CT molecular complexity index is 1120. The van der Waals surface area contributed by atoms with E-state index in [0.717, 1.165) is 36.2 Å². The van der Waals surface area contributed by atoms with Crippen LogP contribution in [-0.2, 0) is 9.84 Å². The van der Waals surface area contributed by atoms with Crippen LogP contribution in [0.4, 0.5) is 5.69 Å². The summed E-state index contributed by atoms with van der Waals surface area (Å²) in [6.07, 6.45) is 4.04. The molecule has 28 heavy (non-hydrogen) atoms. The molecular formula is C22H23N3O2S. The van der Waals surface area contributed by atoms with Crippen LogP contribution < -0.4 is 4.90 Å². The molecule has 2 fully saturated rings. The SMILES string of the molecule is O=S(=O)(c1ccccc1)c1cnc2c(N3CCN4CCCC4C3)cccc2c1. The normalized spacial score (nSPS) is 20.4. The largest absolute Gasteiger partial charge is 0.367 e. The molecule has 5 rings (SSSR count). The van der Waals surface area contributed by atoms with E-state index >= 15 is 0 Å². The molecule has 3 aromatic rings. The Labute approximate surface area is 165 Å². The van der Waals surface area contributed by atoms with Gasteiger partial charge in [-0.05, 0) is 43.7 Å². The lowest BCUT2D eigenvalue weighted by Gasteiger charge is -2.39. The van der Waals surface area contributed by atoms with Gasteiger partial charge in [-0.1, -0.05) is 30.3 Å². The number of sulfone groups is 1. The number of benzene rings is 2. The Balaban J connectivity index is 1.52. The summed E-state index contributed by atoms with van der Waals surface area (Å²) < 4.78 is 25.9. The molecule has 2 aliphatic heterocycles. The first-order chi connectivity index (χ1) is 13.6. The number of anilines is 1. The van der Waals surface area contributed by atoms with E-state index in [4.69, 9.17) is 0 Å². The first kappa shape index (κ1) is 17.6. The molecular weight excluding hydrogens is 370 g/mol. The van der Waals surface area contributed by atoms with E-state index in [1.165, 1.54) is 25.6 Å².